The van der Waals surface area contributed by atoms with E-state index in [4.69, 9.17) is 0 Å². The number of nitrogens with one attached hydrogen (secondary N) is 2. The molecule has 98 valence electrons. The second-order valence-corrected chi connectivity index (χ2v) is 3.97. The average Bonchev–Trinajstić information content (AvgIpc) is 2.43. The number of anilines is 2. The van der Waals surface area contributed by atoms with E-state index in [0.29, 0.717) is 17.1 Å². The molecule has 0 fully saturated rings. The third-order valence-corrected chi connectivity index (χ3v) is 2.58. The first-order chi connectivity index (χ1) is 9.10. The first kappa shape index (κ1) is 12.9. The molecule has 1 heterocycles. The average molecular weight is 260 g/mol. The molecule has 0 unspecified atom stereocenters. The summed E-state index contributed by atoms with van der Waals surface area (Å²) in [5.41, 5.74) is 1.07. The zero-order chi connectivity index (χ0) is 13.8. The SMILES string of the molecule is CNc1ccc(C(=O)Nc2ccc(C)c(F)c2)nn1. The van der Waals surface area contributed by atoms with Gasteiger partial charge in [0.15, 0.2) is 5.69 Å². The molecule has 0 aliphatic carbocycles. The van der Waals surface area contributed by atoms with E-state index in [0.717, 1.165) is 0 Å². The lowest BCUT2D eigenvalue weighted by Crippen LogP contribution is -2.14. The van der Waals surface area contributed by atoms with Gasteiger partial charge in [0.1, 0.15) is 11.6 Å². The Hall–Kier alpha value is -2.50. The van der Waals surface area contributed by atoms with Crippen LogP contribution >= 0.6 is 0 Å². The Bertz CT molecular complexity index is 598. The fraction of sp³-hybridized carbons (Fsp3) is 0.154. The standard InChI is InChI=1S/C13H13FN4O/c1-8-3-4-9(7-10(8)14)16-13(19)11-5-6-12(15-2)18-17-11/h3-7H,1-2H3,(H,15,18)(H,16,19). The fourth-order valence-corrected chi connectivity index (χ4v) is 1.45. The van der Waals surface area contributed by atoms with Gasteiger partial charge in [-0.25, -0.2) is 4.39 Å². The molecule has 1 amide bonds. The molecule has 0 atom stereocenters. The van der Waals surface area contributed by atoms with E-state index >= 15 is 0 Å². The number of carbonyl (C=O) groups excluding carboxylic acids is 1. The number of hydrogen-bond acceptors (Lipinski definition) is 4. The van der Waals surface area contributed by atoms with E-state index in [1.54, 1.807) is 38.2 Å². The monoisotopic (exact) mass is 260 g/mol. The van der Waals surface area contributed by atoms with Crippen molar-refractivity contribution in [2.45, 2.75) is 6.92 Å². The highest BCUT2D eigenvalue weighted by molar-refractivity contribution is 6.02. The Labute approximate surface area is 109 Å². The second kappa shape index (κ2) is 5.43. The lowest BCUT2D eigenvalue weighted by molar-refractivity contribution is 0.102. The van der Waals surface area contributed by atoms with Crippen LogP contribution in [0.15, 0.2) is 30.3 Å². The van der Waals surface area contributed by atoms with Crippen molar-refractivity contribution in [2.24, 2.45) is 0 Å². The molecule has 6 heteroatoms. The predicted octanol–water partition coefficient (Wildman–Crippen LogP) is 2.22. The van der Waals surface area contributed by atoms with Gasteiger partial charge in [0.25, 0.3) is 5.91 Å². The summed E-state index contributed by atoms with van der Waals surface area (Å²) in [5.74, 6) is -0.231. The number of rotatable bonds is 3. The smallest absolute Gasteiger partial charge is 0.276 e. The molecule has 2 rings (SSSR count). The van der Waals surface area contributed by atoms with Crippen LogP contribution in [0.4, 0.5) is 15.9 Å². The van der Waals surface area contributed by atoms with Crippen LogP contribution in [-0.2, 0) is 0 Å². The third kappa shape index (κ3) is 3.04. The maximum Gasteiger partial charge on any atom is 0.276 e. The van der Waals surface area contributed by atoms with Gasteiger partial charge in [0.2, 0.25) is 0 Å². The number of carbonyl (C=O) groups is 1. The highest BCUT2D eigenvalue weighted by atomic mass is 19.1. The molecule has 0 saturated carbocycles. The zero-order valence-electron chi connectivity index (χ0n) is 10.6. The lowest BCUT2D eigenvalue weighted by atomic mass is 10.2. The molecule has 2 aromatic rings. The van der Waals surface area contributed by atoms with Crippen molar-refractivity contribution in [1.29, 1.82) is 0 Å². The first-order valence-corrected chi connectivity index (χ1v) is 5.69. The molecule has 1 aromatic heterocycles. The Morgan fingerprint density at radius 3 is 2.58 bits per heavy atom. The fourth-order valence-electron chi connectivity index (χ4n) is 1.45. The molecule has 19 heavy (non-hydrogen) atoms. The first-order valence-electron chi connectivity index (χ1n) is 5.69. The van der Waals surface area contributed by atoms with Crippen LogP contribution in [0.2, 0.25) is 0 Å². The summed E-state index contributed by atoms with van der Waals surface area (Å²) >= 11 is 0. The molecule has 0 aliphatic heterocycles. The Balaban J connectivity index is 2.13. The van der Waals surface area contributed by atoms with Crippen LogP contribution < -0.4 is 10.6 Å². The summed E-state index contributed by atoms with van der Waals surface area (Å²) in [4.78, 5) is 11.9. The van der Waals surface area contributed by atoms with E-state index in [-0.39, 0.29) is 11.5 Å². The molecule has 0 bridgehead atoms. The maximum atomic E-state index is 13.3. The number of aromatic nitrogens is 2. The minimum atomic E-state index is -0.432. The molecule has 1 aromatic carbocycles. The van der Waals surface area contributed by atoms with Gasteiger partial charge in [0.05, 0.1) is 0 Å². The van der Waals surface area contributed by atoms with Crippen molar-refractivity contribution in [3.63, 3.8) is 0 Å². The van der Waals surface area contributed by atoms with Gasteiger partial charge >= 0.3 is 0 Å². The van der Waals surface area contributed by atoms with Crippen molar-refractivity contribution < 1.29 is 9.18 Å². The molecule has 0 spiro atoms. The van der Waals surface area contributed by atoms with E-state index in [1.165, 1.54) is 6.07 Å². The Kier molecular flexibility index (Phi) is 3.70. The third-order valence-electron chi connectivity index (χ3n) is 2.58. The molecule has 2 N–H and O–H groups in total. The quantitative estimate of drug-likeness (QED) is 0.888. The largest absolute Gasteiger partial charge is 0.372 e. The number of nitrogens with zero attached hydrogens (tertiary/aromatic N) is 2. The topological polar surface area (TPSA) is 66.9 Å². The number of halogens is 1. The molecular formula is C13H13FN4O. The van der Waals surface area contributed by atoms with Gasteiger partial charge in [-0.15, -0.1) is 10.2 Å². The number of aryl methyl sites for hydroxylation is 1. The molecule has 0 aliphatic rings. The Morgan fingerprint density at radius 2 is 2.00 bits per heavy atom. The lowest BCUT2D eigenvalue weighted by Gasteiger charge is -2.06. The van der Waals surface area contributed by atoms with Crippen LogP contribution in [0.1, 0.15) is 16.1 Å². The van der Waals surface area contributed by atoms with Gasteiger partial charge in [0, 0.05) is 12.7 Å². The number of hydrogen-bond donors (Lipinski definition) is 2. The van der Waals surface area contributed by atoms with E-state index < -0.39 is 5.91 Å². The van der Waals surface area contributed by atoms with Gasteiger partial charge < -0.3 is 10.6 Å². The minimum Gasteiger partial charge on any atom is -0.372 e. The number of amides is 1. The highest BCUT2D eigenvalue weighted by Gasteiger charge is 2.09. The van der Waals surface area contributed by atoms with Crippen LogP contribution in [0.5, 0.6) is 0 Å². The molecular weight excluding hydrogens is 247 g/mol. The maximum absolute atomic E-state index is 13.3. The molecule has 5 nitrogen and oxygen atoms in total. The molecule has 0 radical (unpaired) electrons. The van der Waals surface area contributed by atoms with Crippen LogP contribution in [0, 0.1) is 12.7 Å². The summed E-state index contributed by atoms with van der Waals surface area (Å²) in [5, 5.41) is 12.9. The summed E-state index contributed by atoms with van der Waals surface area (Å²) in [6, 6.07) is 7.67. The van der Waals surface area contributed by atoms with E-state index in [1.807, 2.05) is 0 Å². The predicted molar refractivity (Wildman–Crippen MR) is 70.7 cm³/mol. The van der Waals surface area contributed by atoms with Crippen molar-refractivity contribution in [1.82, 2.24) is 10.2 Å². The van der Waals surface area contributed by atoms with Crippen LogP contribution in [-0.4, -0.2) is 23.2 Å². The highest BCUT2D eigenvalue weighted by Crippen LogP contribution is 2.14. The van der Waals surface area contributed by atoms with Crippen LogP contribution in [0.25, 0.3) is 0 Å². The second-order valence-electron chi connectivity index (χ2n) is 3.97. The zero-order valence-corrected chi connectivity index (χ0v) is 10.6. The summed E-state index contributed by atoms with van der Waals surface area (Å²) in [7, 11) is 1.71. The van der Waals surface area contributed by atoms with Crippen molar-refractivity contribution in [2.75, 3.05) is 17.7 Å². The normalized spacial score (nSPS) is 10.1. The summed E-state index contributed by atoms with van der Waals surface area (Å²) in [6.07, 6.45) is 0. The summed E-state index contributed by atoms with van der Waals surface area (Å²) in [6.45, 7) is 1.66. The van der Waals surface area contributed by atoms with Gasteiger partial charge in [-0.05, 0) is 36.8 Å². The van der Waals surface area contributed by atoms with Crippen molar-refractivity contribution >= 4 is 17.4 Å². The van der Waals surface area contributed by atoms with Gasteiger partial charge in [-0.2, -0.15) is 0 Å². The summed E-state index contributed by atoms with van der Waals surface area (Å²) < 4.78 is 13.3. The van der Waals surface area contributed by atoms with Crippen molar-refractivity contribution in [3.05, 3.63) is 47.4 Å². The van der Waals surface area contributed by atoms with Gasteiger partial charge in [-0.1, -0.05) is 6.07 Å². The van der Waals surface area contributed by atoms with Crippen LogP contribution in [0.3, 0.4) is 0 Å². The van der Waals surface area contributed by atoms with E-state index in [9.17, 15) is 9.18 Å². The number of benzene rings is 1. The van der Waals surface area contributed by atoms with Crippen molar-refractivity contribution in [3.8, 4) is 0 Å². The Morgan fingerprint density at radius 1 is 1.21 bits per heavy atom. The minimum absolute atomic E-state index is 0.167. The molecule has 0 saturated heterocycles. The van der Waals surface area contributed by atoms with Gasteiger partial charge in [-0.3, -0.25) is 4.79 Å². The van der Waals surface area contributed by atoms with E-state index in [2.05, 4.69) is 20.8 Å².